The van der Waals surface area contributed by atoms with Gasteiger partial charge in [-0.2, -0.15) is 0 Å². The van der Waals surface area contributed by atoms with Crippen LogP contribution in [0.15, 0.2) is 48.7 Å². The van der Waals surface area contributed by atoms with Crippen molar-refractivity contribution in [2.45, 2.75) is 13.0 Å². The van der Waals surface area contributed by atoms with Crippen LogP contribution in [0.25, 0.3) is 21.8 Å². The summed E-state index contributed by atoms with van der Waals surface area (Å²) in [7, 11) is 0. The van der Waals surface area contributed by atoms with Gasteiger partial charge in [-0.3, -0.25) is 15.0 Å². The molecule has 4 aromatic rings. The van der Waals surface area contributed by atoms with E-state index in [4.69, 9.17) is 16.8 Å². The number of benzene rings is 2. The van der Waals surface area contributed by atoms with Crippen molar-refractivity contribution in [2.75, 3.05) is 0 Å². The van der Waals surface area contributed by atoms with E-state index in [1.807, 2.05) is 24.3 Å². The summed E-state index contributed by atoms with van der Waals surface area (Å²) in [5.41, 5.74) is 3.32. The molecule has 4 rings (SSSR count). The molecule has 0 atom stereocenters. The molecule has 5 nitrogen and oxygen atoms in total. The summed E-state index contributed by atoms with van der Waals surface area (Å²) in [6.45, 7) is -0.0691. The second-order valence-corrected chi connectivity index (χ2v) is 6.74. The number of aromatic nitrogens is 2. The van der Waals surface area contributed by atoms with E-state index in [0.29, 0.717) is 11.2 Å². The lowest BCUT2D eigenvalue weighted by molar-refractivity contribution is -0.128. The minimum Gasteiger partial charge on any atom is -0.334 e. The minimum absolute atomic E-state index is 0.0691. The standard InChI is InChI=1S/C20H14ClF2N3O2/c21-15-5-6-16(22)14(20(15)23)10-26-17-4-2-1-3-12(17)13-7-11(8-19(27)25-28)24-9-18(13)26/h1-7,9,28H,8,10H2,(H,25,27). The topological polar surface area (TPSA) is 67.2 Å². The summed E-state index contributed by atoms with van der Waals surface area (Å²) in [6, 6.07) is 11.5. The fourth-order valence-electron chi connectivity index (χ4n) is 3.33. The number of carbonyl (C=O) groups is 1. The number of fused-ring (bicyclic) bond motifs is 3. The Hall–Kier alpha value is -3.03. The Morgan fingerprint density at radius 3 is 2.71 bits per heavy atom. The molecular formula is C20H14ClF2N3O2. The van der Waals surface area contributed by atoms with Crippen LogP contribution in [0, 0.1) is 11.6 Å². The Labute approximate surface area is 163 Å². The first-order valence-electron chi connectivity index (χ1n) is 8.40. The summed E-state index contributed by atoms with van der Waals surface area (Å²) in [5.74, 6) is -2.06. The molecule has 2 heterocycles. The number of carbonyl (C=O) groups excluding carboxylic acids is 1. The van der Waals surface area contributed by atoms with E-state index in [9.17, 15) is 13.6 Å². The lowest BCUT2D eigenvalue weighted by atomic mass is 10.1. The van der Waals surface area contributed by atoms with Crippen LogP contribution in [0.1, 0.15) is 11.3 Å². The van der Waals surface area contributed by atoms with Crippen molar-refractivity contribution in [3.63, 3.8) is 0 Å². The predicted octanol–water partition coefficient (Wildman–Crippen LogP) is 4.22. The van der Waals surface area contributed by atoms with Crippen molar-refractivity contribution in [2.24, 2.45) is 0 Å². The Balaban J connectivity index is 1.91. The number of halogens is 3. The van der Waals surface area contributed by atoms with E-state index < -0.39 is 17.5 Å². The van der Waals surface area contributed by atoms with Crippen molar-refractivity contribution in [3.05, 3.63) is 76.6 Å². The second-order valence-electron chi connectivity index (χ2n) is 6.33. The van der Waals surface area contributed by atoms with Gasteiger partial charge in [0.1, 0.15) is 11.6 Å². The van der Waals surface area contributed by atoms with Gasteiger partial charge < -0.3 is 4.57 Å². The third kappa shape index (κ3) is 3.08. The fourth-order valence-corrected chi connectivity index (χ4v) is 3.51. The summed E-state index contributed by atoms with van der Waals surface area (Å²) >= 11 is 5.82. The maximum Gasteiger partial charge on any atom is 0.249 e. The zero-order valence-electron chi connectivity index (χ0n) is 14.4. The average Bonchev–Trinajstić information content (AvgIpc) is 3.01. The van der Waals surface area contributed by atoms with Crippen LogP contribution >= 0.6 is 11.6 Å². The van der Waals surface area contributed by atoms with Crippen LogP contribution in [-0.4, -0.2) is 20.7 Å². The minimum atomic E-state index is -0.795. The highest BCUT2D eigenvalue weighted by Gasteiger charge is 2.18. The Morgan fingerprint density at radius 1 is 1.14 bits per heavy atom. The molecule has 0 spiro atoms. The first-order chi connectivity index (χ1) is 13.5. The van der Waals surface area contributed by atoms with E-state index in [2.05, 4.69) is 4.98 Å². The number of nitrogens with zero attached hydrogens (tertiary/aromatic N) is 2. The summed E-state index contributed by atoms with van der Waals surface area (Å²) in [6.07, 6.45) is 1.46. The lowest BCUT2D eigenvalue weighted by Crippen LogP contribution is -2.21. The van der Waals surface area contributed by atoms with Crippen LogP contribution < -0.4 is 5.48 Å². The first-order valence-corrected chi connectivity index (χ1v) is 8.78. The van der Waals surface area contributed by atoms with Gasteiger partial charge in [0.2, 0.25) is 5.91 Å². The van der Waals surface area contributed by atoms with Crippen LogP contribution in [-0.2, 0) is 17.8 Å². The zero-order valence-corrected chi connectivity index (χ0v) is 15.2. The monoisotopic (exact) mass is 401 g/mol. The van der Waals surface area contributed by atoms with E-state index >= 15 is 0 Å². The average molecular weight is 402 g/mol. The summed E-state index contributed by atoms with van der Waals surface area (Å²) < 4.78 is 30.5. The summed E-state index contributed by atoms with van der Waals surface area (Å²) in [5, 5.41) is 10.2. The van der Waals surface area contributed by atoms with Crippen LogP contribution in [0.3, 0.4) is 0 Å². The van der Waals surface area contributed by atoms with Gasteiger partial charge in [-0.25, -0.2) is 14.3 Å². The molecular weight excluding hydrogens is 388 g/mol. The third-order valence-electron chi connectivity index (χ3n) is 4.64. The Bertz CT molecular complexity index is 1220. The van der Waals surface area contributed by atoms with Crippen molar-refractivity contribution >= 4 is 39.3 Å². The van der Waals surface area contributed by atoms with Crippen molar-refractivity contribution in [1.82, 2.24) is 15.0 Å². The number of hydrogen-bond donors (Lipinski definition) is 2. The molecule has 0 radical (unpaired) electrons. The quantitative estimate of drug-likeness (QED) is 0.306. The van der Waals surface area contributed by atoms with Crippen LogP contribution in [0.5, 0.6) is 0 Å². The molecule has 0 aliphatic heterocycles. The number of para-hydroxylation sites is 1. The maximum atomic E-state index is 14.4. The summed E-state index contributed by atoms with van der Waals surface area (Å²) in [4.78, 5) is 15.7. The third-order valence-corrected chi connectivity index (χ3v) is 4.93. The number of hydroxylamine groups is 1. The molecule has 2 N–H and O–H groups in total. The molecule has 2 aromatic heterocycles. The number of nitrogens with one attached hydrogen (secondary N) is 1. The van der Waals surface area contributed by atoms with Gasteiger partial charge in [0.15, 0.2) is 0 Å². The molecule has 28 heavy (non-hydrogen) atoms. The highest BCUT2D eigenvalue weighted by Crippen LogP contribution is 2.31. The van der Waals surface area contributed by atoms with Crippen molar-refractivity contribution in [1.29, 1.82) is 0 Å². The highest BCUT2D eigenvalue weighted by atomic mass is 35.5. The van der Waals surface area contributed by atoms with E-state index in [-0.39, 0.29) is 23.6 Å². The van der Waals surface area contributed by atoms with Crippen molar-refractivity contribution < 1.29 is 18.8 Å². The lowest BCUT2D eigenvalue weighted by Gasteiger charge is -2.10. The van der Waals surface area contributed by atoms with Crippen LogP contribution in [0.4, 0.5) is 8.78 Å². The first kappa shape index (κ1) is 18.3. The Kier molecular flexibility index (Phi) is 4.70. The van der Waals surface area contributed by atoms with Crippen molar-refractivity contribution in [3.8, 4) is 0 Å². The van der Waals surface area contributed by atoms with Gasteiger partial charge in [-0.15, -0.1) is 0 Å². The highest BCUT2D eigenvalue weighted by molar-refractivity contribution is 6.30. The van der Waals surface area contributed by atoms with Gasteiger partial charge >= 0.3 is 0 Å². The van der Waals surface area contributed by atoms with Gasteiger partial charge in [0, 0.05) is 21.9 Å². The largest absolute Gasteiger partial charge is 0.334 e. The second kappa shape index (κ2) is 7.18. The van der Waals surface area contributed by atoms with Gasteiger partial charge in [0.05, 0.1) is 35.4 Å². The Morgan fingerprint density at radius 2 is 1.93 bits per heavy atom. The zero-order chi connectivity index (χ0) is 19.8. The SMILES string of the molecule is O=C(Cc1cc2c3ccccc3n(Cc3c(F)ccc(Cl)c3F)c2cn1)NO. The molecule has 0 unspecified atom stereocenters. The fraction of sp³-hybridized carbons (Fsp3) is 0.100. The van der Waals surface area contributed by atoms with Gasteiger partial charge in [-0.1, -0.05) is 29.8 Å². The molecule has 0 saturated heterocycles. The van der Waals surface area contributed by atoms with Gasteiger partial charge in [-0.05, 0) is 24.3 Å². The number of rotatable bonds is 4. The maximum absolute atomic E-state index is 14.4. The molecule has 0 aliphatic carbocycles. The molecule has 2 aromatic carbocycles. The molecule has 0 aliphatic rings. The van der Waals surface area contributed by atoms with E-state index in [0.717, 1.165) is 22.4 Å². The molecule has 1 amide bonds. The van der Waals surface area contributed by atoms with E-state index in [1.54, 1.807) is 22.3 Å². The van der Waals surface area contributed by atoms with E-state index in [1.165, 1.54) is 6.07 Å². The normalized spacial score (nSPS) is 11.3. The molecule has 0 bridgehead atoms. The number of amides is 1. The molecule has 8 heteroatoms. The molecule has 142 valence electrons. The van der Waals surface area contributed by atoms with Gasteiger partial charge in [0.25, 0.3) is 0 Å². The molecule has 0 saturated carbocycles. The number of pyridine rings is 1. The smallest absolute Gasteiger partial charge is 0.249 e. The molecule has 0 fully saturated rings. The predicted molar refractivity (Wildman–Crippen MR) is 101 cm³/mol. The number of hydrogen-bond acceptors (Lipinski definition) is 3. The van der Waals surface area contributed by atoms with Crippen LogP contribution in [0.2, 0.25) is 5.02 Å².